The van der Waals surface area contributed by atoms with Gasteiger partial charge < -0.3 is 5.32 Å². The van der Waals surface area contributed by atoms with Gasteiger partial charge in [-0.05, 0) is 6.92 Å². The lowest BCUT2D eigenvalue weighted by molar-refractivity contribution is -0.118. The van der Waals surface area contributed by atoms with Gasteiger partial charge >= 0.3 is 0 Å². The summed E-state index contributed by atoms with van der Waals surface area (Å²) in [5, 5.41) is 2.79. The van der Waals surface area contributed by atoms with E-state index >= 15 is 0 Å². The molecule has 2 aromatic rings. The van der Waals surface area contributed by atoms with Gasteiger partial charge in [0, 0.05) is 18.3 Å². The van der Waals surface area contributed by atoms with Gasteiger partial charge in [-0.3, -0.25) is 4.79 Å². The molecule has 0 unspecified atom stereocenters. The molecule has 0 atom stereocenters. The van der Waals surface area contributed by atoms with Crippen LogP contribution in [0.15, 0.2) is 24.9 Å². The number of nitrogens with one attached hydrogen (secondary N) is 1. The summed E-state index contributed by atoms with van der Waals surface area (Å²) in [5.41, 5.74) is 2.08. The monoisotopic (exact) mass is 257 g/mol. The van der Waals surface area contributed by atoms with E-state index in [1.807, 2.05) is 20.8 Å². The van der Waals surface area contributed by atoms with E-state index in [2.05, 4.69) is 25.3 Å². The Labute approximate surface area is 111 Å². The lowest BCUT2D eigenvalue weighted by Gasteiger charge is -2.10. The van der Waals surface area contributed by atoms with Gasteiger partial charge in [-0.1, -0.05) is 13.8 Å². The molecule has 0 radical (unpaired) electrons. The molecule has 0 aromatic carbocycles. The molecule has 1 N–H and O–H groups in total. The first-order chi connectivity index (χ1) is 9.08. The number of carbonyl (C=O) groups is 1. The van der Waals surface area contributed by atoms with Crippen LogP contribution in [0.2, 0.25) is 0 Å². The zero-order chi connectivity index (χ0) is 13.8. The van der Waals surface area contributed by atoms with Gasteiger partial charge in [0.1, 0.15) is 6.33 Å². The lowest BCUT2D eigenvalue weighted by Crippen LogP contribution is -2.19. The van der Waals surface area contributed by atoms with E-state index in [0.29, 0.717) is 17.2 Å². The second-order valence-electron chi connectivity index (χ2n) is 4.46. The number of aromatic nitrogens is 4. The Hall–Kier alpha value is -2.37. The van der Waals surface area contributed by atoms with Crippen molar-refractivity contribution in [3.8, 4) is 11.4 Å². The summed E-state index contributed by atoms with van der Waals surface area (Å²) in [7, 11) is 0. The van der Waals surface area contributed by atoms with Crippen LogP contribution in [-0.2, 0) is 4.79 Å². The SMILES string of the molecule is Cc1nc(-c2cncnc2)ncc1NC(=O)C(C)C. The molecule has 0 bridgehead atoms. The molecule has 0 aliphatic rings. The summed E-state index contributed by atoms with van der Waals surface area (Å²) >= 11 is 0. The number of hydrogen-bond acceptors (Lipinski definition) is 5. The van der Waals surface area contributed by atoms with E-state index in [-0.39, 0.29) is 11.8 Å². The van der Waals surface area contributed by atoms with Crippen molar-refractivity contribution in [2.45, 2.75) is 20.8 Å². The second kappa shape index (κ2) is 5.51. The van der Waals surface area contributed by atoms with Crippen molar-refractivity contribution < 1.29 is 4.79 Å². The second-order valence-corrected chi connectivity index (χ2v) is 4.46. The maximum Gasteiger partial charge on any atom is 0.227 e. The minimum absolute atomic E-state index is 0.0532. The smallest absolute Gasteiger partial charge is 0.227 e. The molecule has 6 heteroatoms. The van der Waals surface area contributed by atoms with Crippen LogP contribution in [0, 0.1) is 12.8 Å². The van der Waals surface area contributed by atoms with Crippen LogP contribution in [0.25, 0.3) is 11.4 Å². The van der Waals surface area contributed by atoms with Gasteiger partial charge in [-0.2, -0.15) is 0 Å². The zero-order valence-electron chi connectivity index (χ0n) is 11.1. The third-order valence-corrected chi connectivity index (χ3v) is 2.58. The van der Waals surface area contributed by atoms with Crippen LogP contribution < -0.4 is 5.32 Å². The normalized spacial score (nSPS) is 10.5. The molecule has 0 saturated carbocycles. The molecular weight excluding hydrogens is 242 g/mol. The highest BCUT2D eigenvalue weighted by atomic mass is 16.1. The van der Waals surface area contributed by atoms with Crippen molar-refractivity contribution in [3.63, 3.8) is 0 Å². The van der Waals surface area contributed by atoms with E-state index in [1.54, 1.807) is 18.6 Å². The lowest BCUT2D eigenvalue weighted by atomic mass is 10.2. The molecular formula is C13H15N5O. The van der Waals surface area contributed by atoms with Crippen molar-refractivity contribution in [2.75, 3.05) is 5.32 Å². The molecule has 0 fully saturated rings. The van der Waals surface area contributed by atoms with Crippen LogP contribution in [0.1, 0.15) is 19.5 Å². The molecule has 0 saturated heterocycles. The van der Waals surface area contributed by atoms with Crippen molar-refractivity contribution in [3.05, 3.63) is 30.6 Å². The number of aryl methyl sites for hydroxylation is 1. The fourth-order valence-electron chi connectivity index (χ4n) is 1.42. The first kappa shape index (κ1) is 13.1. The highest BCUT2D eigenvalue weighted by molar-refractivity contribution is 5.92. The number of nitrogens with zero attached hydrogens (tertiary/aromatic N) is 4. The van der Waals surface area contributed by atoms with E-state index in [4.69, 9.17) is 0 Å². The number of anilines is 1. The molecule has 2 rings (SSSR count). The van der Waals surface area contributed by atoms with Gasteiger partial charge in [-0.15, -0.1) is 0 Å². The van der Waals surface area contributed by atoms with Gasteiger partial charge in [0.15, 0.2) is 5.82 Å². The van der Waals surface area contributed by atoms with Crippen LogP contribution in [0.3, 0.4) is 0 Å². The Morgan fingerprint density at radius 3 is 2.47 bits per heavy atom. The summed E-state index contributed by atoms with van der Waals surface area (Å²) in [6.07, 6.45) is 6.35. The third kappa shape index (κ3) is 3.09. The predicted octanol–water partition coefficient (Wildman–Crippen LogP) is 1.84. The molecule has 19 heavy (non-hydrogen) atoms. The van der Waals surface area contributed by atoms with Crippen molar-refractivity contribution in [1.82, 2.24) is 19.9 Å². The standard InChI is InChI=1S/C13H15N5O/c1-8(2)13(19)18-11-6-16-12(17-9(11)3)10-4-14-7-15-5-10/h4-8H,1-3H3,(H,18,19). The van der Waals surface area contributed by atoms with Crippen LogP contribution in [0.5, 0.6) is 0 Å². The van der Waals surface area contributed by atoms with Crippen molar-refractivity contribution in [2.24, 2.45) is 5.92 Å². The molecule has 0 aliphatic carbocycles. The van der Waals surface area contributed by atoms with Crippen molar-refractivity contribution >= 4 is 11.6 Å². The third-order valence-electron chi connectivity index (χ3n) is 2.58. The Bertz CT molecular complexity index is 583. The highest BCUT2D eigenvalue weighted by Gasteiger charge is 2.11. The van der Waals surface area contributed by atoms with Crippen molar-refractivity contribution in [1.29, 1.82) is 0 Å². The molecule has 1 amide bonds. The van der Waals surface area contributed by atoms with Gasteiger partial charge in [0.2, 0.25) is 5.91 Å². The van der Waals surface area contributed by atoms with Gasteiger partial charge in [-0.25, -0.2) is 19.9 Å². The molecule has 98 valence electrons. The highest BCUT2D eigenvalue weighted by Crippen LogP contribution is 2.17. The zero-order valence-corrected chi connectivity index (χ0v) is 11.1. The van der Waals surface area contributed by atoms with Crippen LogP contribution in [0.4, 0.5) is 5.69 Å². The molecule has 2 heterocycles. The summed E-state index contributed by atoms with van der Waals surface area (Å²) in [6, 6.07) is 0. The average molecular weight is 257 g/mol. The van der Waals surface area contributed by atoms with Gasteiger partial charge in [0.25, 0.3) is 0 Å². The summed E-state index contributed by atoms with van der Waals surface area (Å²) in [5.74, 6) is 0.407. The fraction of sp³-hybridized carbons (Fsp3) is 0.308. The van der Waals surface area contributed by atoms with Crippen LogP contribution in [-0.4, -0.2) is 25.8 Å². The number of carbonyl (C=O) groups excluding carboxylic acids is 1. The number of amides is 1. The Kier molecular flexibility index (Phi) is 3.79. The fourth-order valence-corrected chi connectivity index (χ4v) is 1.42. The summed E-state index contributed by atoms with van der Waals surface area (Å²) in [6.45, 7) is 5.49. The average Bonchev–Trinajstić information content (AvgIpc) is 2.41. The molecule has 6 nitrogen and oxygen atoms in total. The first-order valence-corrected chi connectivity index (χ1v) is 5.98. The molecule has 0 spiro atoms. The number of hydrogen-bond donors (Lipinski definition) is 1. The van der Waals surface area contributed by atoms with Crippen LogP contribution >= 0.6 is 0 Å². The Balaban J connectivity index is 2.25. The first-order valence-electron chi connectivity index (χ1n) is 5.98. The predicted molar refractivity (Wildman–Crippen MR) is 71.3 cm³/mol. The summed E-state index contributed by atoms with van der Waals surface area (Å²) < 4.78 is 0. The maximum atomic E-state index is 11.6. The Morgan fingerprint density at radius 2 is 1.89 bits per heavy atom. The largest absolute Gasteiger partial charge is 0.323 e. The van der Waals surface area contributed by atoms with E-state index in [9.17, 15) is 4.79 Å². The maximum absolute atomic E-state index is 11.6. The number of rotatable bonds is 3. The summed E-state index contributed by atoms with van der Waals surface area (Å²) in [4.78, 5) is 28.0. The Morgan fingerprint density at radius 1 is 1.21 bits per heavy atom. The molecule has 2 aromatic heterocycles. The topological polar surface area (TPSA) is 80.7 Å². The molecule has 0 aliphatic heterocycles. The van der Waals surface area contributed by atoms with E-state index in [0.717, 1.165) is 5.56 Å². The van der Waals surface area contributed by atoms with Gasteiger partial charge in [0.05, 0.1) is 23.1 Å². The van der Waals surface area contributed by atoms with E-state index in [1.165, 1.54) is 6.33 Å². The van der Waals surface area contributed by atoms with E-state index < -0.39 is 0 Å². The minimum Gasteiger partial charge on any atom is -0.323 e. The quantitative estimate of drug-likeness (QED) is 0.907. The minimum atomic E-state index is -0.0819.